The van der Waals surface area contributed by atoms with Gasteiger partial charge in [0, 0.05) is 11.3 Å². The first kappa shape index (κ1) is 19.6. The second kappa shape index (κ2) is 7.85. The van der Waals surface area contributed by atoms with Crippen molar-refractivity contribution in [3.8, 4) is 0 Å². The average molecular weight is 365 g/mol. The van der Waals surface area contributed by atoms with Gasteiger partial charge in [0.2, 0.25) is 0 Å². The van der Waals surface area contributed by atoms with Crippen LogP contribution in [0.3, 0.4) is 0 Å². The maximum atomic E-state index is 11.7. The molecular formula is C24H32N2O. The van der Waals surface area contributed by atoms with Crippen LogP contribution in [0.15, 0.2) is 47.5 Å². The molecule has 0 saturated carbocycles. The van der Waals surface area contributed by atoms with Crippen molar-refractivity contribution in [3.05, 3.63) is 59.2 Å². The van der Waals surface area contributed by atoms with Crippen LogP contribution in [0.1, 0.15) is 82.4 Å². The highest BCUT2D eigenvalue weighted by atomic mass is 16.3. The number of hydrogen-bond donors (Lipinski definition) is 2. The summed E-state index contributed by atoms with van der Waals surface area (Å²) >= 11 is 0. The lowest BCUT2D eigenvalue weighted by atomic mass is 9.89. The lowest BCUT2D eigenvalue weighted by Gasteiger charge is -2.25. The molecule has 27 heavy (non-hydrogen) atoms. The minimum absolute atomic E-state index is 0.371. The zero-order chi connectivity index (χ0) is 19.6. The van der Waals surface area contributed by atoms with Gasteiger partial charge in [0.05, 0.1) is 5.69 Å². The van der Waals surface area contributed by atoms with Gasteiger partial charge in [-0.15, -0.1) is 0 Å². The van der Waals surface area contributed by atoms with E-state index < -0.39 is 5.60 Å². The topological polar surface area (TPSA) is 44.6 Å². The quantitative estimate of drug-likeness (QED) is 0.617. The molecule has 0 aromatic heterocycles. The zero-order valence-electron chi connectivity index (χ0n) is 17.2. The second-order valence-electron chi connectivity index (χ2n) is 8.19. The van der Waals surface area contributed by atoms with Crippen LogP contribution < -0.4 is 5.32 Å². The molecule has 0 bridgehead atoms. The summed E-state index contributed by atoms with van der Waals surface area (Å²) in [5.74, 6) is 1.40. The van der Waals surface area contributed by atoms with Gasteiger partial charge in [-0.25, -0.2) is 4.99 Å². The van der Waals surface area contributed by atoms with Crippen LogP contribution in [-0.4, -0.2) is 10.9 Å². The summed E-state index contributed by atoms with van der Waals surface area (Å²) in [6.07, 6.45) is 2.67. The Hall–Kier alpha value is -2.13. The number of nitrogens with zero attached hydrogens (tertiary/aromatic N) is 1. The maximum Gasteiger partial charge on any atom is 0.149 e. The average Bonchev–Trinajstić information content (AvgIpc) is 2.92. The summed E-state index contributed by atoms with van der Waals surface area (Å²) in [6.45, 7) is 10.9. The first-order valence-electron chi connectivity index (χ1n) is 10.2. The van der Waals surface area contributed by atoms with E-state index in [1.165, 1.54) is 11.1 Å². The maximum absolute atomic E-state index is 11.7. The first-order valence-corrected chi connectivity index (χ1v) is 10.2. The molecular weight excluding hydrogens is 332 g/mol. The summed E-state index contributed by atoms with van der Waals surface area (Å²) in [6, 6.07) is 14.4. The minimum Gasteiger partial charge on any atom is -0.377 e. The Labute approximate surface area is 163 Å². The molecule has 0 amide bonds. The van der Waals surface area contributed by atoms with Crippen molar-refractivity contribution in [2.45, 2.75) is 71.3 Å². The number of hydrogen-bond acceptors (Lipinski definition) is 2. The molecule has 0 saturated heterocycles. The number of anilines is 1. The third-order valence-corrected chi connectivity index (χ3v) is 5.48. The van der Waals surface area contributed by atoms with Gasteiger partial charge >= 0.3 is 0 Å². The van der Waals surface area contributed by atoms with E-state index in [4.69, 9.17) is 4.99 Å². The van der Waals surface area contributed by atoms with Gasteiger partial charge in [0.25, 0.3) is 0 Å². The largest absolute Gasteiger partial charge is 0.377 e. The van der Waals surface area contributed by atoms with E-state index in [1.54, 1.807) is 0 Å². The second-order valence-corrected chi connectivity index (χ2v) is 8.19. The summed E-state index contributed by atoms with van der Waals surface area (Å²) in [5.41, 5.74) is 4.31. The van der Waals surface area contributed by atoms with E-state index in [0.29, 0.717) is 24.1 Å². The number of fused-ring (bicyclic) bond motifs is 1. The molecule has 1 unspecified atom stereocenters. The van der Waals surface area contributed by atoms with Crippen LogP contribution in [0.4, 0.5) is 11.4 Å². The number of para-hydroxylation sites is 2. The Morgan fingerprint density at radius 3 is 2.19 bits per heavy atom. The van der Waals surface area contributed by atoms with E-state index >= 15 is 0 Å². The summed E-state index contributed by atoms with van der Waals surface area (Å²) in [7, 11) is 0. The van der Waals surface area contributed by atoms with E-state index in [9.17, 15) is 5.11 Å². The monoisotopic (exact) mass is 364 g/mol. The third kappa shape index (κ3) is 3.66. The molecule has 0 spiro atoms. The predicted molar refractivity (Wildman–Crippen MR) is 115 cm³/mol. The highest BCUT2D eigenvalue weighted by molar-refractivity contribution is 6.09. The van der Waals surface area contributed by atoms with Gasteiger partial charge in [0.1, 0.15) is 11.4 Å². The molecule has 2 aromatic carbocycles. The van der Waals surface area contributed by atoms with E-state index in [-0.39, 0.29) is 0 Å². The minimum atomic E-state index is -1.05. The van der Waals surface area contributed by atoms with E-state index in [0.717, 1.165) is 29.8 Å². The van der Waals surface area contributed by atoms with Crippen LogP contribution in [0.2, 0.25) is 0 Å². The Morgan fingerprint density at radius 1 is 0.963 bits per heavy atom. The van der Waals surface area contributed by atoms with Crippen LogP contribution in [-0.2, 0) is 5.60 Å². The molecule has 1 aliphatic heterocycles. The first-order chi connectivity index (χ1) is 12.9. The fraction of sp³-hybridized carbons (Fsp3) is 0.458. The Balaban J connectivity index is 2.17. The summed E-state index contributed by atoms with van der Waals surface area (Å²) in [5, 5.41) is 15.1. The molecule has 0 aliphatic carbocycles. The molecule has 0 fully saturated rings. The van der Waals surface area contributed by atoms with Crippen molar-refractivity contribution in [2.75, 3.05) is 5.32 Å². The van der Waals surface area contributed by atoms with Gasteiger partial charge in [-0.1, -0.05) is 83.9 Å². The predicted octanol–water partition coefficient (Wildman–Crippen LogP) is 6.47. The molecule has 2 N–H and O–H groups in total. The molecule has 0 radical (unpaired) electrons. The summed E-state index contributed by atoms with van der Waals surface area (Å²) < 4.78 is 0. The number of rotatable bonds is 6. The lowest BCUT2D eigenvalue weighted by Crippen LogP contribution is -2.34. The zero-order valence-corrected chi connectivity index (χ0v) is 17.2. The van der Waals surface area contributed by atoms with Crippen molar-refractivity contribution >= 4 is 17.2 Å². The standard InChI is InChI=1S/C24H32N2O/c1-6-7-15-24(27)20-13-8-9-14-21(20)25-23(24)26-22-18(16(2)3)11-10-12-19(22)17(4)5/h8-14,16-17,27H,6-7,15H2,1-5H3,(H,25,26). The molecule has 3 heteroatoms. The van der Waals surface area contributed by atoms with Gasteiger partial charge in [-0.3, -0.25) is 0 Å². The third-order valence-electron chi connectivity index (χ3n) is 5.48. The number of aliphatic imine (C=N–C) groups is 1. The number of aliphatic hydroxyl groups is 1. The molecule has 2 aromatic rings. The highest BCUT2D eigenvalue weighted by Gasteiger charge is 2.42. The molecule has 3 rings (SSSR count). The Kier molecular flexibility index (Phi) is 5.71. The Bertz CT molecular complexity index is 812. The SMILES string of the molecule is CCCCC1(O)C(=Nc2c(C(C)C)cccc2C(C)C)Nc2ccccc21. The van der Waals surface area contributed by atoms with E-state index in [1.807, 2.05) is 24.3 Å². The van der Waals surface area contributed by atoms with Crippen LogP contribution in [0.25, 0.3) is 0 Å². The van der Waals surface area contributed by atoms with Crippen LogP contribution in [0, 0.1) is 0 Å². The molecule has 3 nitrogen and oxygen atoms in total. The van der Waals surface area contributed by atoms with Crippen molar-refractivity contribution in [1.82, 2.24) is 0 Å². The van der Waals surface area contributed by atoms with Crippen molar-refractivity contribution in [2.24, 2.45) is 4.99 Å². The van der Waals surface area contributed by atoms with Crippen LogP contribution >= 0.6 is 0 Å². The molecule has 1 heterocycles. The number of nitrogens with one attached hydrogen (secondary N) is 1. The fourth-order valence-corrected chi connectivity index (χ4v) is 3.87. The number of amidine groups is 1. The van der Waals surface area contributed by atoms with Gasteiger partial charge in [-0.2, -0.15) is 0 Å². The lowest BCUT2D eigenvalue weighted by molar-refractivity contribution is 0.103. The normalized spacial score (nSPS) is 20.4. The fourth-order valence-electron chi connectivity index (χ4n) is 3.87. The number of unbranched alkanes of at least 4 members (excludes halogenated alkanes) is 1. The summed E-state index contributed by atoms with van der Waals surface area (Å²) in [4.78, 5) is 5.08. The number of benzene rings is 2. The van der Waals surface area contributed by atoms with Crippen molar-refractivity contribution < 1.29 is 5.11 Å². The van der Waals surface area contributed by atoms with Gasteiger partial charge in [0.15, 0.2) is 0 Å². The highest BCUT2D eigenvalue weighted by Crippen LogP contribution is 2.42. The molecule has 1 aliphatic rings. The van der Waals surface area contributed by atoms with Gasteiger partial charge < -0.3 is 10.4 Å². The van der Waals surface area contributed by atoms with Gasteiger partial charge in [-0.05, 0) is 35.4 Å². The van der Waals surface area contributed by atoms with Crippen LogP contribution in [0.5, 0.6) is 0 Å². The van der Waals surface area contributed by atoms with E-state index in [2.05, 4.69) is 58.1 Å². The van der Waals surface area contributed by atoms with Crippen molar-refractivity contribution in [3.63, 3.8) is 0 Å². The smallest absolute Gasteiger partial charge is 0.149 e. The van der Waals surface area contributed by atoms with Crippen molar-refractivity contribution in [1.29, 1.82) is 0 Å². The molecule has 144 valence electrons. The Morgan fingerprint density at radius 2 is 1.59 bits per heavy atom. The molecule has 1 atom stereocenters.